The Morgan fingerprint density at radius 3 is 1.35 bits per heavy atom. The molecule has 0 saturated heterocycles. The van der Waals surface area contributed by atoms with E-state index in [0.29, 0.717) is 0 Å². The normalized spacial score (nSPS) is 12.0. The van der Waals surface area contributed by atoms with Gasteiger partial charge in [-0.15, -0.1) is 0 Å². The second kappa shape index (κ2) is 7.70. The quantitative estimate of drug-likeness (QED) is 0.578. The fourth-order valence-electron chi connectivity index (χ4n) is 2.90. The van der Waals surface area contributed by atoms with Crippen molar-refractivity contribution >= 4 is 4.82 Å². The summed E-state index contributed by atoms with van der Waals surface area (Å²) in [4.78, 5) is 4.24. The molecule has 0 bridgehead atoms. The van der Waals surface area contributed by atoms with Crippen LogP contribution in [0.25, 0.3) is 0 Å². The second-order valence-electron chi connectivity index (χ2n) is 9.08. The zero-order valence-corrected chi connectivity index (χ0v) is 19.0. The van der Waals surface area contributed by atoms with Crippen molar-refractivity contribution in [2.45, 2.75) is 66.2 Å². The fraction of sp³-hybridized carbons (Fsp3) is 0.435. The summed E-state index contributed by atoms with van der Waals surface area (Å²) in [5, 5.41) is 0. The maximum atomic E-state index is 6.26. The first kappa shape index (κ1) is 20.9. The van der Waals surface area contributed by atoms with Crippen LogP contribution in [0.15, 0.2) is 36.4 Å². The van der Waals surface area contributed by atoms with Gasteiger partial charge in [0.1, 0.15) is 0 Å². The molecule has 0 N–H and O–H groups in total. The molecule has 0 aliphatic heterocycles. The third kappa shape index (κ3) is 5.31. The van der Waals surface area contributed by atoms with Crippen molar-refractivity contribution in [1.82, 2.24) is 0 Å². The van der Waals surface area contributed by atoms with Gasteiger partial charge in [0.15, 0.2) is 0 Å². The van der Waals surface area contributed by atoms with Gasteiger partial charge in [-0.05, 0) is 0 Å². The molecule has 0 spiro atoms. The third-order valence-electron chi connectivity index (χ3n) is 4.33. The first-order valence-corrected chi connectivity index (χ1v) is 11.5. The van der Waals surface area contributed by atoms with Crippen LogP contribution in [0.2, 0.25) is 0 Å². The van der Waals surface area contributed by atoms with E-state index in [-0.39, 0.29) is 10.8 Å². The van der Waals surface area contributed by atoms with Crippen LogP contribution in [0.4, 0.5) is 0 Å². The summed E-state index contributed by atoms with van der Waals surface area (Å²) in [5.41, 5.74) is 4.91. The standard InChI is InChI=1S/2C11H16O.CH2.Ti/c2*1-8-5-6-10(12)9(7-8)11(2,3)4;;/h2*5-7,12H,1-4H3;1H2;/q;;;+2/p-2. The van der Waals surface area contributed by atoms with Crippen molar-refractivity contribution < 1.29 is 24.8 Å². The molecule has 0 saturated carbocycles. The van der Waals surface area contributed by atoms with Gasteiger partial charge in [0, 0.05) is 0 Å². The maximum absolute atomic E-state index is 6.26. The topological polar surface area (TPSA) is 18.5 Å². The van der Waals surface area contributed by atoms with E-state index in [0.717, 1.165) is 11.5 Å². The van der Waals surface area contributed by atoms with Crippen molar-refractivity contribution in [3.05, 3.63) is 58.7 Å². The number of hydrogen-bond acceptors (Lipinski definition) is 2. The van der Waals surface area contributed by atoms with Gasteiger partial charge in [0.05, 0.1) is 0 Å². The van der Waals surface area contributed by atoms with Crippen LogP contribution >= 0.6 is 0 Å². The van der Waals surface area contributed by atoms with E-state index in [2.05, 4.69) is 96.6 Å². The molecule has 0 fully saturated rings. The van der Waals surface area contributed by atoms with Crippen LogP contribution in [-0.4, -0.2) is 4.82 Å². The average Bonchev–Trinajstić information content (AvgIpc) is 2.49. The molecule has 0 aromatic heterocycles. The van der Waals surface area contributed by atoms with E-state index >= 15 is 0 Å². The van der Waals surface area contributed by atoms with E-state index in [9.17, 15) is 0 Å². The van der Waals surface area contributed by atoms with Crippen molar-refractivity contribution in [3.63, 3.8) is 0 Å². The van der Waals surface area contributed by atoms with Gasteiger partial charge in [-0.3, -0.25) is 0 Å². The molecule has 2 nitrogen and oxygen atoms in total. The van der Waals surface area contributed by atoms with E-state index in [1.54, 1.807) is 0 Å². The molecule has 0 amide bonds. The van der Waals surface area contributed by atoms with Crippen LogP contribution in [0, 0.1) is 13.8 Å². The Bertz CT molecular complexity index is 740. The molecule has 0 atom stereocenters. The van der Waals surface area contributed by atoms with Crippen molar-refractivity contribution in [2.24, 2.45) is 0 Å². The zero-order valence-electron chi connectivity index (χ0n) is 17.5. The van der Waals surface area contributed by atoms with E-state index in [1.165, 1.54) is 22.3 Å². The summed E-state index contributed by atoms with van der Waals surface area (Å²) in [6.45, 7) is 17.4. The van der Waals surface area contributed by atoms with Crippen molar-refractivity contribution in [3.8, 4) is 11.5 Å². The van der Waals surface area contributed by atoms with Gasteiger partial charge in [-0.1, -0.05) is 0 Å². The molecule has 0 radical (unpaired) electrons. The molecule has 26 heavy (non-hydrogen) atoms. The predicted octanol–water partition coefficient (Wildman–Crippen LogP) is 6.24. The van der Waals surface area contributed by atoms with Gasteiger partial charge in [-0.25, -0.2) is 0 Å². The summed E-state index contributed by atoms with van der Waals surface area (Å²) >= 11 is -2.44. The van der Waals surface area contributed by atoms with E-state index in [1.807, 2.05) is 0 Å². The molecular weight excluding hydrogens is 356 g/mol. The average molecular weight is 388 g/mol. The molecule has 3 heteroatoms. The summed E-state index contributed by atoms with van der Waals surface area (Å²) in [7, 11) is 0. The third-order valence-corrected chi connectivity index (χ3v) is 5.73. The van der Waals surface area contributed by atoms with Gasteiger partial charge in [0.2, 0.25) is 0 Å². The SMILES string of the molecule is [CH2]=[Ti]([O]c1ccc(C)cc1C(C)(C)C)[O]c1ccc(C)cc1C(C)(C)C. The van der Waals surface area contributed by atoms with Crippen LogP contribution < -0.4 is 6.64 Å². The molecular formula is C23H32O2Ti. The Morgan fingerprint density at radius 1 is 0.692 bits per heavy atom. The minimum absolute atomic E-state index is 0.0143. The number of aryl methyl sites for hydroxylation is 2. The van der Waals surface area contributed by atoms with Gasteiger partial charge < -0.3 is 0 Å². The molecule has 140 valence electrons. The molecule has 0 aliphatic carbocycles. The zero-order chi connectivity index (χ0) is 19.7. The van der Waals surface area contributed by atoms with Crippen molar-refractivity contribution in [2.75, 3.05) is 0 Å². The Kier molecular flexibility index (Phi) is 6.20. The summed E-state index contributed by atoms with van der Waals surface area (Å²) in [6.07, 6.45) is 0. The van der Waals surface area contributed by atoms with Gasteiger partial charge in [0.25, 0.3) is 0 Å². The van der Waals surface area contributed by atoms with Gasteiger partial charge >= 0.3 is 166 Å². The monoisotopic (exact) mass is 388 g/mol. The van der Waals surface area contributed by atoms with Crippen LogP contribution in [-0.2, 0) is 29.0 Å². The molecule has 0 aliphatic rings. The van der Waals surface area contributed by atoms with Gasteiger partial charge in [-0.2, -0.15) is 0 Å². The Morgan fingerprint density at radius 2 is 1.04 bits per heavy atom. The molecule has 2 aromatic carbocycles. The van der Waals surface area contributed by atoms with Crippen molar-refractivity contribution in [1.29, 1.82) is 0 Å². The summed E-state index contributed by atoms with van der Waals surface area (Å²) in [6, 6.07) is 12.7. The van der Waals surface area contributed by atoms with Crippen LogP contribution in [0.3, 0.4) is 0 Å². The fourth-order valence-corrected chi connectivity index (χ4v) is 4.29. The summed E-state index contributed by atoms with van der Waals surface area (Å²) in [5.74, 6) is 1.80. The molecule has 2 aromatic rings. The number of rotatable bonds is 4. The Balaban J connectivity index is 2.29. The number of benzene rings is 2. The second-order valence-corrected chi connectivity index (χ2v) is 10.9. The Labute approximate surface area is 165 Å². The molecule has 0 unspecified atom stereocenters. The molecule has 2 rings (SSSR count). The van der Waals surface area contributed by atoms with Crippen LogP contribution in [0.1, 0.15) is 63.8 Å². The van der Waals surface area contributed by atoms with Crippen LogP contribution in [0.5, 0.6) is 11.5 Å². The summed E-state index contributed by atoms with van der Waals surface area (Å²) < 4.78 is 12.5. The first-order valence-electron chi connectivity index (χ1n) is 9.15. The van der Waals surface area contributed by atoms with E-state index in [4.69, 9.17) is 6.64 Å². The minimum atomic E-state index is -2.44. The van der Waals surface area contributed by atoms with E-state index < -0.39 is 18.2 Å². The number of hydrogen-bond donors (Lipinski definition) is 0. The Hall–Kier alpha value is -1.38. The first-order chi connectivity index (χ1) is 11.9. The molecule has 0 heterocycles. The predicted molar refractivity (Wildman–Crippen MR) is 108 cm³/mol.